The zero-order valence-electron chi connectivity index (χ0n) is 9.19. The Kier molecular flexibility index (Phi) is 3.96. The lowest BCUT2D eigenvalue weighted by atomic mass is 10.2. The molecular formula is C12H17NO2S. The van der Waals surface area contributed by atoms with Gasteiger partial charge in [0.25, 0.3) is 0 Å². The zero-order valence-corrected chi connectivity index (χ0v) is 10.0. The van der Waals surface area contributed by atoms with Crippen molar-refractivity contribution in [3.8, 4) is 0 Å². The number of aryl methyl sites for hydroxylation is 1. The molecule has 1 aliphatic carbocycles. The van der Waals surface area contributed by atoms with Crippen molar-refractivity contribution >= 4 is 17.2 Å². The van der Waals surface area contributed by atoms with Crippen LogP contribution in [0.3, 0.4) is 0 Å². The maximum Gasteiger partial charge on any atom is 0.220 e. The van der Waals surface area contributed by atoms with Crippen molar-refractivity contribution in [2.45, 2.75) is 31.8 Å². The predicted molar refractivity (Wildman–Crippen MR) is 64.4 cm³/mol. The highest BCUT2D eigenvalue weighted by Crippen LogP contribution is 2.32. The van der Waals surface area contributed by atoms with E-state index >= 15 is 0 Å². The van der Waals surface area contributed by atoms with Crippen LogP contribution in [0, 0.1) is 5.92 Å². The van der Waals surface area contributed by atoms with E-state index < -0.39 is 0 Å². The third-order valence-corrected chi connectivity index (χ3v) is 3.79. The molecule has 1 aliphatic rings. The average molecular weight is 239 g/mol. The second-order valence-corrected chi connectivity index (χ2v) is 5.32. The molecule has 1 fully saturated rings. The molecule has 88 valence electrons. The van der Waals surface area contributed by atoms with E-state index in [2.05, 4.69) is 5.32 Å². The van der Waals surface area contributed by atoms with Gasteiger partial charge in [0.1, 0.15) is 0 Å². The highest BCUT2D eigenvalue weighted by molar-refractivity contribution is 7.09. The minimum absolute atomic E-state index is 0.0353. The lowest BCUT2D eigenvalue weighted by molar-refractivity contribution is -0.121. The fraction of sp³-hybridized carbons (Fsp3) is 0.583. The van der Waals surface area contributed by atoms with E-state index in [1.54, 1.807) is 11.3 Å². The fourth-order valence-electron chi connectivity index (χ4n) is 1.65. The summed E-state index contributed by atoms with van der Waals surface area (Å²) in [6.45, 7) is 0.411. The summed E-state index contributed by atoms with van der Waals surface area (Å²) in [7, 11) is 0. The first-order valence-electron chi connectivity index (χ1n) is 5.73. The molecule has 0 spiro atoms. The van der Waals surface area contributed by atoms with Crippen molar-refractivity contribution < 1.29 is 9.90 Å². The minimum Gasteiger partial charge on any atom is -0.391 e. The number of aliphatic hydroxyl groups excluding tert-OH is 1. The molecule has 0 saturated heterocycles. The molecule has 1 aromatic rings. The van der Waals surface area contributed by atoms with Gasteiger partial charge in [-0.2, -0.15) is 0 Å². The van der Waals surface area contributed by atoms with Crippen molar-refractivity contribution in [1.82, 2.24) is 5.32 Å². The molecule has 1 heterocycles. The van der Waals surface area contributed by atoms with Crippen molar-refractivity contribution in [1.29, 1.82) is 0 Å². The molecule has 0 bridgehead atoms. The molecule has 0 aliphatic heterocycles. The van der Waals surface area contributed by atoms with Crippen LogP contribution in [0.25, 0.3) is 0 Å². The van der Waals surface area contributed by atoms with E-state index in [9.17, 15) is 9.90 Å². The Labute approximate surface area is 99.5 Å². The smallest absolute Gasteiger partial charge is 0.220 e. The van der Waals surface area contributed by atoms with Crippen LogP contribution in [0.1, 0.15) is 24.1 Å². The number of hydrogen-bond donors (Lipinski definition) is 2. The lowest BCUT2D eigenvalue weighted by Gasteiger charge is -2.10. The number of aliphatic hydroxyl groups is 1. The van der Waals surface area contributed by atoms with Gasteiger partial charge in [-0.05, 0) is 36.6 Å². The van der Waals surface area contributed by atoms with Crippen molar-refractivity contribution in [3.05, 3.63) is 22.4 Å². The Morgan fingerprint density at radius 1 is 1.62 bits per heavy atom. The van der Waals surface area contributed by atoms with Crippen LogP contribution in [-0.4, -0.2) is 23.7 Å². The number of hydrogen-bond acceptors (Lipinski definition) is 3. The summed E-state index contributed by atoms with van der Waals surface area (Å²) < 4.78 is 0. The van der Waals surface area contributed by atoms with Crippen LogP contribution >= 0.6 is 11.3 Å². The van der Waals surface area contributed by atoms with Crippen LogP contribution in [0.5, 0.6) is 0 Å². The molecule has 1 saturated carbocycles. The Hall–Kier alpha value is -0.870. The van der Waals surface area contributed by atoms with E-state index in [0.29, 0.717) is 18.9 Å². The number of thiophene rings is 1. The third kappa shape index (κ3) is 3.61. The van der Waals surface area contributed by atoms with Crippen LogP contribution in [0.2, 0.25) is 0 Å². The average Bonchev–Trinajstić information content (AvgIpc) is 3.01. The quantitative estimate of drug-likeness (QED) is 0.791. The Bertz CT molecular complexity index is 333. The number of rotatable bonds is 6. The van der Waals surface area contributed by atoms with Gasteiger partial charge in [-0.15, -0.1) is 11.3 Å². The van der Waals surface area contributed by atoms with Gasteiger partial charge >= 0.3 is 0 Å². The molecule has 16 heavy (non-hydrogen) atoms. The molecule has 0 radical (unpaired) electrons. The summed E-state index contributed by atoms with van der Waals surface area (Å²) in [6.07, 6.45) is 3.17. The number of amides is 1. The first kappa shape index (κ1) is 11.6. The van der Waals surface area contributed by atoms with Crippen LogP contribution in [0.4, 0.5) is 0 Å². The molecular weight excluding hydrogens is 222 g/mol. The van der Waals surface area contributed by atoms with E-state index in [0.717, 1.165) is 19.3 Å². The molecule has 1 unspecified atom stereocenters. The van der Waals surface area contributed by atoms with E-state index in [4.69, 9.17) is 0 Å². The predicted octanol–water partition coefficient (Wildman–Crippen LogP) is 1.57. The Morgan fingerprint density at radius 3 is 3.06 bits per heavy atom. The van der Waals surface area contributed by atoms with Gasteiger partial charge < -0.3 is 10.4 Å². The summed E-state index contributed by atoms with van der Waals surface area (Å²) in [5, 5.41) is 14.4. The maximum absolute atomic E-state index is 11.5. The van der Waals surface area contributed by atoms with Crippen LogP contribution in [-0.2, 0) is 11.2 Å². The highest BCUT2D eigenvalue weighted by atomic mass is 32.1. The van der Waals surface area contributed by atoms with Crippen LogP contribution in [0.15, 0.2) is 17.5 Å². The van der Waals surface area contributed by atoms with Gasteiger partial charge in [0.05, 0.1) is 6.10 Å². The summed E-state index contributed by atoms with van der Waals surface area (Å²) >= 11 is 1.67. The fourth-order valence-corrected chi connectivity index (χ4v) is 2.35. The molecule has 1 aromatic heterocycles. The Morgan fingerprint density at radius 2 is 2.44 bits per heavy atom. The number of carbonyl (C=O) groups is 1. The molecule has 1 atom stereocenters. The first-order chi connectivity index (χ1) is 7.75. The molecule has 3 nitrogen and oxygen atoms in total. The van der Waals surface area contributed by atoms with Crippen LogP contribution < -0.4 is 5.32 Å². The number of nitrogens with one attached hydrogen (secondary N) is 1. The second-order valence-electron chi connectivity index (χ2n) is 4.29. The van der Waals surface area contributed by atoms with Gasteiger partial charge in [0, 0.05) is 17.8 Å². The molecule has 1 amide bonds. The molecule has 2 rings (SSSR count). The molecule has 4 heteroatoms. The largest absolute Gasteiger partial charge is 0.391 e. The number of carbonyl (C=O) groups excluding carboxylic acids is 1. The highest BCUT2D eigenvalue weighted by Gasteiger charge is 2.29. The lowest BCUT2D eigenvalue weighted by Crippen LogP contribution is -2.33. The summed E-state index contributed by atoms with van der Waals surface area (Å²) in [5.41, 5.74) is 0. The van der Waals surface area contributed by atoms with Gasteiger partial charge in [0.2, 0.25) is 5.91 Å². The van der Waals surface area contributed by atoms with E-state index in [-0.39, 0.29) is 12.0 Å². The standard InChI is InChI=1S/C12H17NO2S/c14-11(9-3-4-9)8-13-12(15)6-5-10-2-1-7-16-10/h1-2,7,9,11,14H,3-6,8H2,(H,13,15). The Balaban J connectivity index is 1.60. The van der Waals surface area contributed by atoms with Crippen molar-refractivity contribution in [3.63, 3.8) is 0 Å². The maximum atomic E-state index is 11.5. The first-order valence-corrected chi connectivity index (χ1v) is 6.61. The van der Waals surface area contributed by atoms with Gasteiger partial charge in [0.15, 0.2) is 0 Å². The van der Waals surface area contributed by atoms with Gasteiger partial charge in [-0.1, -0.05) is 6.07 Å². The normalized spacial score (nSPS) is 17.1. The molecule has 2 N–H and O–H groups in total. The summed E-state index contributed by atoms with van der Waals surface area (Å²) in [6, 6.07) is 4.03. The van der Waals surface area contributed by atoms with Crippen molar-refractivity contribution in [2.24, 2.45) is 5.92 Å². The monoisotopic (exact) mass is 239 g/mol. The second kappa shape index (κ2) is 5.46. The van der Waals surface area contributed by atoms with Gasteiger partial charge in [-0.3, -0.25) is 4.79 Å². The van der Waals surface area contributed by atoms with E-state index in [1.807, 2.05) is 17.5 Å². The summed E-state index contributed by atoms with van der Waals surface area (Å²) in [4.78, 5) is 12.7. The SMILES string of the molecule is O=C(CCc1cccs1)NCC(O)C1CC1. The third-order valence-electron chi connectivity index (χ3n) is 2.85. The van der Waals surface area contributed by atoms with E-state index in [1.165, 1.54) is 4.88 Å². The van der Waals surface area contributed by atoms with Gasteiger partial charge in [-0.25, -0.2) is 0 Å². The molecule has 0 aromatic carbocycles. The minimum atomic E-state index is -0.342. The van der Waals surface area contributed by atoms with Crippen molar-refractivity contribution in [2.75, 3.05) is 6.54 Å². The zero-order chi connectivity index (χ0) is 11.4. The summed E-state index contributed by atoms with van der Waals surface area (Å²) in [5.74, 6) is 0.464. The topological polar surface area (TPSA) is 49.3 Å².